The zero-order valence-electron chi connectivity index (χ0n) is 13.2. The van der Waals surface area contributed by atoms with Crippen LogP contribution in [0.25, 0.3) is 0 Å². The lowest BCUT2D eigenvalue weighted by molar-refractivity contribution is 0.0243. The third-order valence-corrected chi connectivity index (χ3v) is 3.53. The van der Waals surface area contributed by atoms with Crippen molar-refractivity contribution in [2.45, 2.75) is 45.8 Å². The van der Waals surface area contributed by atoms with Crippen molar-refractivity contribution in [2.75, 3.05) is 26.4 Å². The highest BCUT2D eigenvalue weighted by molar-refractivity contribution is 5.43. The second-order valence-corrected chi connectivity index (χ2v) is 5.32. The maximum atomic E-state index is 6.09. The second kappa shape index (κ2) is 8.90. The fourth-order valence-corrected chi connectivity index (χ4v) is 2.41. The molecule has 1 fully saturated rings. The molecule has 0 atom stereocenters. The van der Waals surface area contributed by atoms with Crippen molar-refractivity contribution >= 4 is 0 Å². The second-order valence-electron chi connectivity index (χ2n) is 5.32. The summed E-state index contributed by atoms with van der Waals surface area (Å²) < 4.78 is 17.2. The van der Waals surface area contributed by atoms with Crippen molar-refractivity contribution in [3.63, 3.8) is 0 Å². The highest BCUT2D eigenvalue weighted by Crippen LogP contribution is 2.30. The van der Waals surface area contributed by atoms with Crippen LogP contribution < -0.4 is 14.8 Å². The first-order valence-electron chi connectivity index (χ1n) is 8.04. The van der Waals surface area contributed by atoms with Gasteiger partial charge in [0, 0.05) is 19.4 Å². The smallest absolute Gasteiger partial charge is 0.161 e. The van der Waals surface area contributed by atoms with E-state index in [0.29, 0.717) is 6.61 Å². The van der Waals surface area contributed by atoms with Gasteiger partial charge in [-0.05, 0) is 37.6 Å². The van der Waals surface area contributed by atoms with Gasteiger partial charge >= 0.3 is 0 Å². The highest BCUT2D eigenvalue weighted by atomic mass is 16.5. The Kier molecular flexibility index (Phi) is 6.83. The van der Waals surface area contributed by atoms with E-state index < -0.39 is 0 Å². The van der Waals surface area contributed by atoms with Gasteiger partial charge in [-0.3, -0.25) is 0 Å². The Labute approximate surface area is 127 Å². The maximum absolute atomic E-state index is 6.09. The molecule has 4 nitrogen and oxygen atoms in total. The molecular weight excluding hydrogens is 266 g/mol. The summed E-state index contributed by atoms with van der Waals surface area (Å²) in [6, 6.07) is 6.23. The Bertz CT molecular complexity index is 416. The van der Waals surface area contributed by atoms with E-state index in [1.54, 1.807) is 0 Å². The predicted molar refractivity (Wildman–Crippen MR) is 84.1 cm³/mol. The van der Waals surface area contributed by atoms with E-state index in [1.807, 2.05) is 13.0 Å². The Morgan fingerprint density at radius 2 is 2.00 bits per heavy atom. The molecule has 0 spiro atoms. The molecule has 1 N–H and O–H groups in total. The van der Waals surface area contributed by atoms with Gasteiger partial charge < -0.3 is 19.5 Å². The van der Waals surface area contributed by atoms with Crippen molar-refractivity contribution in [1.29, 1.82) is 0 Å². The van der Waals surface area contributed by atoms with Crippen LogP contribution in [0.2, 0.25) is 0 Å². The summed E-state index contributed by atoms with van der Waals surface area (Å²) >= 11 is 0. The summed E-state index contributed by atoms with van der Waals surface area (Å²) in [5.74, 6) is 1.70. The number of ether oxygens (including phenoxy) is 3. The summed E-state index contributed by atoms with van der Waals surface area (Å²) in [7, 11) is 0. The topological polar surface area (TPSA) is 39.7 Å². The van der Waals surface area contributed by atoms with Gasteiger partial charge in [-0.25, -0.2) is 0 Å². The quantitative estimate of drug-likeness (QED) is 0.747. The first-order valence-corrected chi connectivity index (χ1v) is 8.04. The molecule has 1 heterocycles. The molecule has 1 aliphatic heterocycles. The third kappa shape index (κ3) is 5.21. The summed E-state index contributed by atoms with van der Waals surface area (Å²) in [6.45, 7) is 8.29. The van der Waals surface area contributed by atoms with E-state index in [4.69, 9.17) is 14.2 Å². The number of hydrogen-bond acceptors (Lipinski definition) is 4. The standard InChI is InChI=1S/C17H27NO3/c1-3-9-18-13-14-5-6-16(17(12-14)20-4-2)21-15-7-10-19-11-8-15/h5-6,12,15,18H,3-4,7-11,13H2,1-2H3. The first-order chi connectivity index (χ1) is 10.3. The van der Waals surface area contributed by atoms with Crippen LogP contribution in [0.4, 0.5) is 0 Å². The SMILES string of the molecule is CCCNCc1ccc(OC2CCOCC2)c(OCC)c1. The van der Waals surface area contributed by atoms with Crippen LogP contribution in [0, 0.1) is 0 Å². The molecule has 2 rings (SSSR count). The molecule has 0 unspecified atom stereocenters. The Balaban J connectivity index is 2.01. The van der Waals surface area contributed by atoms with Crippen molar-refractivity contribution in [2.24, 2.45) is 0 Å². The minimum absolute atomic E-state index is 0.238. The van der Waals surface area contributed by atoms with Gasteiger partial charge in [-0.15, -0.1) is 0 Å². The minimum Gasteiger partial charge on any atom is -0.490 e. The van der Waals surface area contributed by atoms with Gasteiger partial charge in [0.05, 0.1) is 19.8 Å². The molecule has 118 valence electrons. The van der Waals surface area contributed by atoms with Crippen LogP contribution in [-0.4, -0.2) is 32.5 Å². The summed E-state index contributed by atoms with van der Waals surface area (Å²) in [4.78, 5) is 0. The summed E-state index contributed by atoms with van der Waals surface area (Å²) in [5, 5.41) is 3.41. The maximum Gasteiger partial charge on any atom is 0.161 e. The molecule has 1 aliphatic rings. The number of hydrogen-bond donors (Lipinski definition) is 1. The van der Waals surface area contributed by atoms with Gasteiger partial charge in [0.2, 0.25) is 0 Å². The van der Waals surface area contributed by atoms with Crippen molar-refractivity contribution in [3.8, 4) is 11.5 Å². The Morgan fingerprint density at radius 3 is 2.71 bits per heavy atom. The normalized spacial score (nSPS) is 15.9. The van der Waals surface area contributed by atoms with E-state index in [-0.39, 0.29) is 6.10 Å². The predicted octanol–water partition coefficient (Wildman–Crippen LogP) is 3.14. The van der Waals surface area contributed by atoms with E-state index in [2.05, 4.69) is 24.4 Å². The molecular formula is C17H27NO3. The average molecular weight is 293 g/mol. The fourth-order valence-electron chi connectivity index (χ4n) is 2.41. The molecule has 1 aromatic rings. The fraction of sp³-hybridized carbons (Fsp3) is 0.647. The Morgan fingerprint density at radius 1 is 1.19 bits per heavy atom. The van der Waals surface area contributed by atoms with E-state index >= 15 is 0 Å². The lowest BCUT2D eigenvalue weighted by Gasteiger charge is -2.24. The number of benzene rings is 1. The highest BCUT2D eigenvalue weighted by Gasteiger charge is 2.17. The molecule has 21 heavy (non-hydrogen) atoms. The molecule has 0 bridgehead atoms. The van der Waals surface area contributed by atoms with Crippen molar-refractivity contribution in [3.05, 3.63) is 23.8 Å². The third-order valence-electron chi connectivity index (χ3n) is 3.53. The van der Waals surface area contributed by atoms with Gasteiger partial charge in [0.15, 0.2) is 11.5 Å². The van der Waals surface area contributed by atoms with E-state index in [0.717, 1.165) is 57.1 Å². The zero-order valence-corrected chi connectivity index (χ0v) is 13.2. The lowest BCUT2D eigenvalue weighted by Crippen LogP contribution is -2.26. The van der Waals surface area contributed by atoms with Gasteiger partial charge in [-0.2, -0.15) is 0 Å². The van der Waals surface area contributed by atoms with Crippen LogP contribution in [0.15, 0.2) is 18.2 Å². The van der Waals surface area contributed by atoms with E-state index in [9.17, 15) is 0 Å². The number of nitrogens with one attached hydrogen (secondary N) is 1. The molecule has 0 radical (unpaired) electrons. The van der Waals surface area contributed by atoms with Crippen LogP contribution in [0.5, 0.6) is 11.5 Å². The van der Waals surface area contributed by atoms with Crippen LogP contribution >= 0.6 is 0 Å². The van der Waals surface area contributed by atoms with Crippen molar-refractivity contribution in [1.82, 2.24) is 5.32 Å². The lowest BCUT2D eigenvalue weighted by atomic mass is 10.1. The molecule has 4 heteroatoms. The van der Waals surface area contributed by atoms with Gasteiger partial charge in [-0.1, -0.05) is 13.0 Å². The molecule has 1 saturated heterocycles. The van der Waals surface area contributed by atoms with Crippen LogP contribution in [0.3, 0.4) is 0 Å². The Hall–Kier alpha value is -1.26. The summed E-state index contributed by atoms with van der Waals surface area (Å²) in [5.41, 5.74) is 1.23. The van der Waals surface area contributed by atoms with Crippen molar-refractivity contribution < 1.29 is 14.2 Å². The van der Waals surface area contributed by atoms with Crippen LogP contribution in [-0.2, 0) is 11.3 Å². The molecule has 0 amide bonds. The minimum atomic E-state index is 0.238. The molecule has 0 aromatic heterocycles. The monoisotopic (exact) mass is 293 g/mol. The van der Waals surface area contributed by atoms with Gasteiger partial charge in [0.25, 0.3) is 0 Å². The van der Waals surface area contributed by atoms with E-state index in [1.165, 1.54) is 5.56 Å². The largest absolute Gasteiger partial charge is 0.490 e. The average Bonchev–Trinajstić information content (AvgIpc) is 2.51. The number of rotatable bonds is 8. The first kappa shape index (κ1) is 16.1. The summed E-state index contributed by atoms with van der Waals surface area (Å²) in [6.07, 6.45) is 3.28. The molecule has 1 aromatic carbocycles. The zero-order chi connectivity index (χ0) is 14.9. The molecule has 0 saturated carbocycles. The molecule has 0 aliphatic carbocycles. The van der Waals surface area contributed by atoms with Crippen LogP contribution in [0.1, 0.15) is 38.7 Å². The van der Waals surface area contributed by atoms with Gasteiger partial charge in [0.1, 0.15) is 6.10 Å².